The lowest BCUT2D eigenvalue weighted by Gasteiger charge is -2.03. The van der Waals surface area contributed by atoms with E-state index in [4.69, 9.17) is 16.9 Å². The first kappa shape index (κ1) is 14.8. The van der Waals surface area contributed by atoms with E-state index in [-0.39, 0.29) is 6.42 Å². The molecule has 0 aliphatic heterocycles. The van der Waals surface area contributed by atoms with Crippen LogP contribution in [-0.4, -0.2) is 16.7 Å². The van der Waals surface area contributed by atoms with Crippen molar-refractivity contribution in [3.8, 4) is 17.3 Å². The van der Waals surface area contributed by atoms with Gasteiger partial charge in [0.1, 0.15) is 11.6 Å². The Morgan fingerprint density at radius 1 is 1.48 bits per heavy atom. The number of hydrazone groups is 1. The van der Waals surface area contributed by atoms with Crippen molar-refractivity contribution in [3.63, 3.8) is 0 Å². The third-order valence-corrected chi connectivity index (χ3v) is 3.36. The molecular formula is C15H13ClN4O. The quantitative estimate of drug-likeness (QED) is 0.696. The minimum Gasteiger partial charge on any atom is -0.334 e. The van der Waals surface area contributed by atoms with Gasteiger partial charge < -0.3 is 4.57 Å². The van der Waals surface area contributed by atoms with Gasteiger partial charge in [-0.05, 0) is 11.6 Å². The second-order valence-corrected chi connectivity index (χ2v) is 4.69. The maximum Gasteiger partial charge on any atom is 0.254 e. The van der Waals surface area contributed by atoms with Crippen molar-refractivity contribution in [3.05, 3.63) is 47.1 Å². The van der Waals surface area contributed by atoms with Gasteiger partial charge in [0.25, 0.3) is 5.91 Å². The summed E-state index contributed by atoms with van der Waals surface area (Å²) in [5.41, 5.74) is 4.94. The molecule has 2 rings (SSSR count). The van der Waals surface area contributed by atoms with Crippen molar-refractivity contribution in [2.75, 3.05) is 0 Å². The van der Waals surface area contributed by atoms with Crippen molar-refractivity contribution in [1.82, 2.24) is 9.99 Å². The van der Waals surface area contributed by atoms with E-state index in [0.717, 1.165) is 11.3 Å². The first-order chi connectivity index (χ1) is 10.1. The molecule has 0 spiro atoms. The van der Waals surface area contributed by atoms with Gasteiger partial charge in [-0.1, -0.05) is 41.9 Å². The number of hydrogen-bond acceptors (Lipinski definition) is 3. The van der Waals surface area contributed by atoms with E-state index >= 15 is 0 Å². The highest BCUT2D eigenvalue weighted by atomic mass is 35.5. The number of nitrogens with zero attached hydrogens (tertiary/aromatic N) is 3. The van der Waals surface area contributed by atoms with Crippen molar-refractivity contribution in [1.29, 1.82) is 5.26 Å². The van der Waals surface area contributed by atoms with Crippen LogP contribution in [0.5, 0.6) is 0 Å². The van der Waals surface area contributed by atoms with E-state index in [1.54, 1.807) is 6.07 Å². The van der Waals surface area contributed by atoms with Crippen LogP contribution in [0.3, 0.4) is 0 Å². The first-order valence-corrected chi connectivity index (χ1v) is 6.60. The second-order valence-electron chi connectivity index (χ2n) is 4.33. The smallest absolute Gasteiger partial charge is 0.254 e. The number of carbonyl (C=O) groups excluding carboxylic acids is 1. The third-order valence-electron chi connectivity index (χ3n) is 2.89. The molecule has 0 aliphatic rings. The van der Waals surface area contributed by atoms with Gasteiger partial charge in [-0.25, -0.2) is 5.43 Å². The number of amides is 1. The Balaban J connectivity index is 2.21. The average molecular weight is 301 g/mol. The van der Waals surface area contributed by atoms with Crippen molar-refractivity contribution < 1.29 is 4.79 Å². The van der Waals surface area contributed by atoms with Crippen molar-refractivity contribution in [2.45, 2.75) is 6.42 Å². The minimum absolute atomic E-state index is 0.227. The molecule has 0 fully saturated rings. The topological polar surface area (TPSA) is 70.2 Å². The molecule has 1 aromatic carbocycles. The summed E-state index contributed by atoms with van der Waals surface area (Å²) in [7, 11) is 1.86. The molecule has 1 heterocycles. The Morgan fingerprint density at radius 2 is 2.19 bits per heavy atom. The maximum atomic E-state index is 11.1. The number of aromatic nitrogens is 1. The van der Waals surface area contributed by atoms with E-state index in [2.05, 4.69) is 10.5 Å². The van der Waals surface area contributed by atoms with Gasteiger partial charge in [0.2, 0.25) is 0 Å². The Morgan fingerprint density at radius 3 is 2.86 bits per heavy atom. The molecule has 21 heavy (non-hydrogen) atoms. The highest BCUT2D eigenvalue weighted by Crippen LogP contribution is 2.27. The molecule has 0 bridgehead atoms. The molecule has 0 saturated carbocycles. The van der Waals surface area contributed by atoms with Crippen LogP contribution in [-0.2, 0) is 11.8 Å². The lowest BCUT2D eigenvalue weighted by Crippen LogP contribution is -2.16. The largest absolute Gasteiger partial charge is 0.334 e. The molecule has 1 amide bonds. The van der Waals surface area contributed by atoms with Gasteiger partial charge in [-0.2, -0.15) is 10.4 Å². The number of hydrogen-bond donors (Lipinski definition) is 1. The van der Waals surface area contributed by atoms with Gasteiger partial charge in [0, 0.05) is 18.3 Å². The highest BCUT2D eigenvalue weighted by Gasteiger charge is 2.10. The summed E-state index contributed by atoms with van der Waals surface area (Å²) >= 11 is 6.25. The van der Waals surface area contributed by atoms with E-state index < -0.39 is 5.91 Å². The maximum absolute atomic E-state index is 11.1. The summed E-state index contributed by atoms with van der Waals surface area (Å²) in [5.74, 6) is -0.455. The summed E-state index contributed by atoms with van der Waals surface area (Å²) in [5, 5.41) is 12.7. The zero-order chi connectivity index (χ0) is 15.2. The number of nitriles is 1. The molecule has 1 N–H and O–H groups in total. The second kappa shape index (κ2) is 6.73. The molecule has 0 aliphatic carbocycles. The van der Waals surface area contributed by atoms with Crippen LogP contribution in [0.4, 0.5) is 0 Å². The monoisotopic (exact) mass is 300 g/mol. The molecule has 0 saturated heterocycles. The number of carbonyl (C=O) groups is 1. The molecule has 106 valence electrons. The predicted molar refractivity (Wildman–Crippen MR) is 81.8 cm³/mol. The Hall–Kier alpha value is -2.58. The molecule has 6 heteroatoms. The Bertz CT molecular complexity index is 713. The van der Waals surface area contributed by atoms with Gasteiger partial charge in [-0.3, -0.25) is 4.79 Å². The zero-order valence-corrected chi connectivity index (χ0v) is 12.1. The average Bonchev–Trinajstić information content (AvgIpc) is 2.77. The molecule has 0 unspecified atom stereocenters. The molecule has 0 atom stereocenters. The lowest BCUT2D eigenvalue weighted by molar-refractivity contribution is -0.120. The molecule has 0 radical (unpaired) electrons. The number of nitrogens with one attached hydrogen (secondary N) is 1. The number of halogens is 1. The summed E-state index contributed by atoms with van der Waals surface area (Å²) in [6.07, 6.45) is 1.24. The van der Waals surface area contributed by atoms with Crippen LogP contribution in [0.15, 0.2) is 41.5 Å². The lowest BCUT2D eigenvalue weighted by atomic mass is 10.1. The van der Waals surface area contributed by atoms with Crippen LogP contribution in [0.25, 0.3) is 11.3 Å². The zero-order valence-electron chi connectivity index (χ0n) is 11.4. The summed E-state index contributed by atoms with van der Waals surface area (Å²) < 4.78 is 1.84. The van der Waals surface area contributed by atoms with Crippen LogP contribution < -0.4 is 5.43 Å². The SMILES string of the molecule is Cn1c(-c2ccccc2)cc(/C=N\NC(=O)CC#N)c1Cl. The molecular weight excluding hydrogens is 288 g/mol. The van der Waals surface area contributed by atoms with Crippen molar-refractivity contribution >= 4 is 23.7 Å². The normalized spacial score (nSPS) is 10.5. The summed E-state index contributed by atoms with van der Waals surface area (Å²) in [6, 6.07) is 13.5. The fraction of sp³-hybridized carbons (Fsp3) is 0.133. The van der Waals surface area contributed by atoms with Gasteiger partial charge in [-0.15, -0.1) is 0 Å². The molecule has 2 aromatic rings. The summed E-state index contributed by atoms with van der Waals surface area (Å²) in [6.45, 7) is 0. The van der Waals surface area contributed by atoms with E-state index in [0.29, 0.717) is 10.7 Å². The van der Waals surface area contributed by atoms with Gasteiger partial charge >= 0.3 is 0 Å². The van der Waals surface area contributed by atoms with E-state index in [9.17, 15) is 4.79 Å². The van der Waals surface area contributed by atoms with E-state index in [1.807, 2.05) is 48.0 Å². The van der Waals surface area contributed by atoms with Gasteiger partial charge in [0.15, 0.2) is 0 Å². The van der Waals surface area contributed by atoms with Crippen LogP contribution in [0.1, 0.15) is 12.0 Å². The third kappa shape index (κ3) is 3.50. The Kier molecular flexibility index (Phi) is 4.75. The molecule has 1 aromatic heterocycles. The fourth-order valence-electron chi connectivity index (χ4n) is 1.86. The number of rotatable bonds is 4. The van der Waals surface area contributed by atoms with Gasteiger partial charge in [0.05, 0.1) is 12.3 Å². The predicted octanol–water partition coefficient (Wildman–Crippen LogP) is 2.71. The van der Waals surface area contributed by atoms with Crippen LogP contribution in [0.2, 0.25) is 5.15 Å². The highest BCUT2D eigenvalue weighted by molar-refractivity contribution is 6.32. The molecule has 5 nitrogen and oxygen atoms in total. The first-order valence-electron chi connectivity index (χ1n) is 6.23. The standard InChI is InChI=1S/C15H13ClN4O/c1-20-13(11-5-3-2-4-6-11)9-12(15(20)16)10-18-19-14(21)7-8-17/h2-6,9-10H,7H2,1H3,(H,19,21)/b18-10-. The fourth-order valence-corrected chi connectivity index (χ4v) is 2.06. The minimum atomic E-state index is -0.455. The van der Waals surface area contributed by atoms with Crippen LogP contribution >= 0.6 is 11.6 Å². The van der Waals surface area contributed by atoms with Crippen LogP contribution in [0, 0.1) is 11.3 Å². The number of benzene rings is 1. The summed E-state index contributed by atoms with van der Waals surface area (Å²) in [4.78, 5) is 11.1. The van der Waals surface area contributed by atoms with E-state index in [1.165, 1.54) is 6.21 Å². The van der Waals surface area contributed by atoms with Crippen molar-refractivity contribution in [2.24, 2.45) is 12.1 Å². The Labute approximate surface area is 127 Å².